The molecule has 12 N–H and O–H groups in total. The maximum atomic E-state index is 13.6. The number of hydrogen-bond donors (Lipinski definition) is 12. The van der Waals surface area contributed by atoms with Gasteiger partial charge in [0.1, 0.15) is 23.9 Å². The minimum absolute atomic E-state index is 0.120. The van der Waals surface area contributed by atoms with Crippen molar-refractivity contribution >= 4 is 11.9 Å². The molecule has 19 heteroatoms. The van der Waals surface area contributed by atoms with Crippen molar-refractivity contribution in [3.8, 4) is 0 Å². The average Bonchev–Trinajstić information content (AvgIpc) is 3.31. The zero-order valence-corrected chi connectivity index (χ0v) is 41.9. The van der Waals surface area contributed by atoms with E-state index in [2.05, 4.69) is 5.32 Å². The Kier molecular flexibility index (Phi) is 25.4. The van der Waals surface area contributed by atoms with Crippen molar-refractivity contribution in [3.63, 3.8) is 0 Å². The lowest BCUT2D eigenvalue weighted by Gasteiger charge is -2.45. The Hall–Kier alpha value is -4.29. The van der Waals surface area contributed by atoms with Crippen LogP contribution in [0.25, 0.3) is 0 Å². The Labute approximate surface area is 426 Å². The first kappa shape index (κ1) is 61.3. The molecule has 2 bridgehead atoms. The van der Waals surface area contributed by atoms with E-state index < -0.39 is 153 Å². The number of carbonyl (C=O) groups excluding carboxylic acids is 1. The highest BCUT2D eigenvalue weighted by atomic mass is 19.1. The number of esters is 1. The number of carbonyl (C=O) groups is 2. The molecule has 0 saturated carbocycles. The Morgan fingerprint density at radius 1 is 0.685 bits per heavy atom. The third-order valence-corrected chi connectivity index (χ3v) is 13.4. The molecule has 3 aliphatic heterocycles. The lowest BCUT2D eigenvalue weighted by atomic mass is 9.82. The molecule has 18 nitrogen and oxygen atoms in total. The molecule has 0 radical (unpaired) electrons. The van der Waals surface area contributed by atoms with Crippen molar-refractivity contribution in [1.29, 1.82) is 0 Å². The number of rotatable bonds is 6. The van der Waals surface area contributed by atoms with Crippen LogP contribution >= 0.6 is 0 Å². The quantitative estimate of drug-likeness (QED) is 0.182. The molecular formula is C54H78FNO17. The van der Waals surface area contributed by atoms with Crippen LogP contribution in [0.5, 0.6) is 0 Å². The van der Waals surface area contributed by atoms with Gasteiger partial charge in [-0.25, -0.2) is 4.39 Å². The minimum atomic E-state index is -2.36. The minimum Gasteiger partial charge on any atom is -0.481 e. The van der Waals surface area contributed by atoms with Gasteiger partial charge in [-0.15, -0.1) is 0 Å². The molecule has 3 aliphatic rings. The Bertz CT molecular complexity index is 2050. The summed E-state index contributed by atoms with van der Waals surface area (Å²) in [6.45, 7) is 6.90. The standard InChI is InChI=1S/C54H78FNO17/c1-32-17-15-13-11-9-7-5-6-8-10-12-14-16-18-41(72-53-51(66)48(50(65)35(4)71-53)56-31-36-19-21-37(55)22-20-36)28-45-47(52(67)68)44(62)30-54(69,73-45)29-40(59)26-43(61)42(60)24-23-38(57)25-39(58)27-46(63)70-34(3)33(2)49(32)64/h5-22,32-35,38-45,47-51,53,56-62,64-66,69H,23-31H2,1-4H3,(H,67,68)/b6-5-,9-7-,10-8-,13-11-,14-12-,17-15-,18-16+/t32-,33-,34-,35?,38+,39+,40-,41-,42+,43+,44-,45-,47+,48?,49+,50?,51?,53?,54+/m0/s1. The van der Waals surface area contributed by atoms with E-state index in [0.717, 1.165) is 0 Å². The van der Waals surface area contributed by atoms with Gasteiger partial charge in [0.2, 0.25) is 0 Å². The molecule has 2 fully saturated rings. The second-order valence-electron chi connectivity index (χ2n) is 19.5. The molecule has 0 aliphatic carbocycles. The second-order valence-corrected chi connectivity index (χ2v) is 19.5. The van der Waals surface area contributed by atoms with Crippen molar-refractivity contribution in [2.75, 3.05) is 0 Å². The van der Waals surface area contributed by atoms with Crippen LogP contribution < -0.4 is 5.32 Å². The maximum absolute atomic E-state index is 13.6. The van der Waals surface area contributed by atoms with Gasteiger partial charge in [-0.05, 0) is 50.8 Å². The van der Waals surface area contributed by atoms with E-state index in [1.54, 1.807) is 106 Å². The molecule has 1 aromatic carbocycles. The van der Waals surface area contributed by atoms with Crippen LogP contribution in [-0.2, 0) is 35.1 Å². The fraction of sp³-hybridized carbons (Fsp3) is 0.593. The highest BCUT2D eigenvalue weighted by Crippen LogP contribution is 2.38. The number of benzene rings is 1. The van der Waals surface area contributed by atoms with Crippen LogP contribution in [0.1, 0.15) is 84.6 Å². The molecule has 3 heterocycles. The normalized spacial score (nSPS) is 41.8. The fourth-order valence-corrected chi connectivity index (χ4v) is 9.02. The Morgan fingerprint density at radius 2 is 1.27 bits per heavy atom. The highest BCUT2D eigenvalue weighted by molar-refractivity contribution is 5.71. The number of carboxylic acid groups (broad SMARTS) is 1. The summed E-state index contributed by atoms with van der Waals surface area (Å²) in [6.07, 6.45) is 2.98. The van der Waals surface area contributed by atoms with Crippen LogP contribution in [0.4, 0.5) is 4.39 Å². The molecule has 5 unspecified atom stereocenters. The Balaban J connectivity index is 1.58. The van der Waals surface area contributed by atoms with Gasteiger partial charge >= 0.3 is 11.9 Å². The molecule has 2 saturated heterocycles. The van der Waals surface area contributed by atoms with Crippen LogP contribution in [0.15, 0.2) is 109 Å². The van der Waals surface area contributed by atoms with E-state index in [-0.39, 0.29) is 38.1 Å². The number of halogens is 1. The molecule has 0 amide bonds. The number of allylic oxidation sites excluding steroid dienone is 12. The number of carboxylic acids is 1. The monoisotopic (exact) mass is 1030 g/mol. The number of aliphatic hydroxyl groups excluding tert-OH is 9. The summed E-state index contributed by atoms with van der Waals surface area (Å²) >= 11 is 0. The van der Waals surface area contributed by atoms with Crippen molar-refractivity contribution in [1.82, 2.24) is 5.32 Å². The van der Waals surface area contributed by atoms with Gasteiger partial charge in [-0.2, -0.15) is 0 Å². The molecule has 0 aromatic heterocycles. The summed E-state index contributed by atoms with van der Waals surface area (Å²) in [5.41, 5.74) is 0.663. The number of aliphatic hydroxyl groups is 10. The summed E-state index contributed by atoms with van der Waals surface area (Å²) in [5.74, 6) is -7.38. The largest absolute Gasteiger partial charge is 0.481 e. The first-order chi connectivity index (χ1) is 34.6. The first-order valence-electron chi connectivity index (χ1n) is 25.0. The number of nitrogens with one attached hydrogen (secondary N) is 1. The van der Waals surface area contributed by atoms with Gasteiger partial charge in [0.25, 0.3) is 0 Å². The average molecular weight is 1030 g/mol. The van der Waals surface area contributed by atoms with E-state index in [4.69, 9.17) is 18.9 Å². The van der Waals surface area contributed by atoms with Gasteiger partial charge in [0, 0.05) is 44.1 Å². The lowest BCUT2D eigenvalue weighted by Crippen LogP contribution is -2.63. The van der Waals surface area contributed by atoms with E-state index in [9.17, 15) is 70.2 Å². The van der Waals surface area contributed by atoms with Crippen molar-refractivity contribution in [3.05, 3.63) is 121 Å². The van der Waals surface area contributed by atoms with E-state index in [1.165, 1.54) is 18.2 Å². The summed E-state index contributed by atoms with van der Waals surface area (Å²) in [6, 6.07) is 4.62. The smallest absolute Gasteiger partial charge is 0.311 e. The van der Waals surface area contributed by atoms with Crippen LogP contribution in [0, 0.1) is 23.6 Å². The highest BCUT2D eigenvalue weighted by Gasteiger charge is 2.51. The summed E-state index contributed by atoms with van der Waals surface area (Å²) < 4.78 is 37.2. The molecule has 408 valence electrons. The number of aliphatic carboxylic acids is 1. The van der Waals surface area contributed by atoms with Crippen molar-refractivity contribution in [2.45, 2.75) is 183 Å². The number of cyclic esters (lactones) is 1. The summed E-state index contributed by atoms with van der Waals surface area (Å²) in [5, 5.41) is 124. The molecule has 19 atom stereocenters. The van der Waals surface area contributed by atoms with Crippen molar-refractivity contribution < 1.29 is 89.1 Å². The predicted octanol–water partition coefficient (Wildman–Crippen LogP) is 2.68. The second kappa shape index (κ2) is 30.3. The number of hydrogen-bond acceptors (Lipinski definition) is 17. The third kappa shape index (κ3) is 20.4. The molecule has 4 rings (SSSR count). The third-order valence-electron chi connectivity index (χ3n) is 13.4. The SMILES string of the molecule is CC1OC(O[C@H]2/C=C/C=C\C=C/C=C\C=C/C=C\C=C/[C@H](C)[C@@H](O)[C@@H](C)[C@H](C)OC(=O)C[C@H](O)C[C@H](O)CC[C@@H](O)[C@H](O)C[C@H](O)C[C@]3(O)C[C@H](O)[C@@H](C(=O)O)[C@H](C2)O3)C(O)C(NCc2ccc(F)cc2)C1O. The zero-order chi connectivity index (χ0) is 53.8. The summed E-state index contributed by atoms with van der Waals surface area (Å²) in [7, 11) is 0. The van der Waals surface area contributed by atoms with E-state index in [0.29, 0.717) is 5.56 Å². The van der Waals surface area contributed by atoms with Gasteiger partial charge in [-0.1, -0.05) is 111 Å². The number of fused-ring (bicyclic) bond motifs is 2. The van der Waals surface area contributed by atoms with Gasteiger partial charge in [0.05, 0.1) is 79.6 Å². The van der Waals surface area contributed by atoms with Gasteiger partial charge < -0.3 is 80.4 Å². The fourth-order valence-electron chi connectivity index (χ4n) is 9.02. The van der Waals surface area contributed by atoms with E-state index in [1.807, 2.05) is 13.0 Å². The Morgan fingerprint density at radius 3 is 1.88 bits per heavy atom. The molecular weight excluding hydrogens is 954 g/mol. The van der Waals surface area contributed by atoms with Gasteiger partial charge in [-0.3, -0.25) is 9.59 Å². The van der Waals surface area contributed by atoms with Gasteiger partial charge in [0.15, 0.2) is 12.1 Å². The topological polar surface area (TPSA) is 306 Å². The van der Waals surface area contributed by atoms with Crippen LogP contribution in [0.2, 0.25) is 0 Å². The van der Waals surface area contributed by atoms with Crippen molar-refractivity contribution in [2.24, 2.45) is 17.8 Å². The maximum Gasteiger partial charge on any atom is 0.311 e. The number of ether oxygens (including phenoxy) is 4. The zero-order valence-electron chi connectivity index (χ0n) is 41.9. The first-order valence-corrected chi connectivity index (χ1v) is 25.0. The molecule has 73 heavy (non-hydrogen) atoms. The predicted molar refractivity (Wildman–Crippen MR) is 266 cm³/mol. The van der Waals surface area contributed by atoms with Crippen LogP contribution in [0.3, 0.4) is 0 Å². The van der Waals surface area contributed by atoms with E-state index >= 15 is 0 Å². The molecule has 0 spiro atoms. The molecule has 1 aromatic rings. The van der Waals surface area contributed by atoms with Crippen LogP contribution in [-0.4, -0.2) is 166 Å². The lowest BCUT2D eigenvalue weighted by molar-refractivity contribution is -0.309. The summed E-state index contributed by atoms with van der Waals surface area (Å²) in [4.78, 5) is 25.3.